The maximum atomic E-state index is 11.2. The van der Waals surface area contributed by atoms with Crippen molar-refractivity contribution in [3.63, 3.8) is 0 Å². The van der Waals surface area contributed by atoms with Crippen LogP contribution in [-0.2, 0) is 4.79 Å². The van der Waals surface area contributed by atoms with Gasteiger partial charge < -0.3 is 15.3 Å². The minimum atomic E-state index is -0.986. The standard InChI is InChI=1S/C8H16N2O3/c1-3-5-10(6-7(11)12)8(13)9-4-2/h3-6H2,1-2H3,(H,9,13)(H,11,12). The van der Waals surface area contributed by atoms with Crippen LogP contribution in [0.1, 0.15) is 20.3 Å². The molecule has 0 aliphatic rings. The first-order valence-corrected chi connectivity index (χ1v) is 4.36. The van der Waals surface area contributed by atoms with Crippen LogP contribution in [0.2, 0.25) is 0 Å². The van der Waals surface area contributed by atoms with E-state index in [9.17, 15) is 9.59 Å². The number of urea groups is 1. The molecule has 0 saturated heterocycles. The van der Waals surface area contributed by atoms with Crippen LogP contribution in [0, 0.1) is 0 Å². The molecular formula is C8H16N2O3. The highest BCUT2D eigenvalue weighted by Gasteiger charge is 2.14. The van der Waals surface area contributed by atoms with Crippen molar-refractivity contribution in [1.82, 2.24) is 10.2 Å². The Morgan fingerprint density at radius 3 is 2.38 bits per heavy atom. The van der Waals surface area contributed by atoms with Gasteiger partial charge in [-0.2, -0.15) is 0 Å². The summed E-state index contributed by atoms with van der Waals surface area (Å²) in [7, 11) is 0. The summed E-state index contributed by atoms with van der Waals surface area (Å²) in [5.41, 5.74) is 0. The maximum absolute atomic E-state index is 11.2. The molecule has 0 unspecified atom stereocenters. The van der Waals surface area contributed by atoms with E-state index in [-0.39, 0.29) is 12.6 Å². The molecule has 76 valence electrons. The van der Waals surface area contributed by atoms with E-state index in [2.05, 4.69) is 5.32 Å². The Morgan fingerprint density at radius 1 is 1.38 bits per heavy atom. The van der Waals surface area contributed by atoms with Crippen molar-refractivity contribution >= 4 is 12.0 Å². The quantitative estimate of drug-likeness (QED) is 0.660. The SMILES string of the molecule is CCCN(CC(=O)O)C(=O)NCC. The number of carbonyl (C=O) groups excluding carboxylic acids is 1. The lowest BCUT2D eigenvalue weighted by molar-refractivity contribution is -0.137. The second-order valence-corrected chi connectivity index (χ2v) is 2.65. The normalized spacial score (nSPS) is 9.38. The molecule has 0 rings (SSSR count). The molecule has 0 radical (unpaired) electrons. The van der Waals surface area contributed by atoms with Crippen LogP contribution < -0.4 is 5.32 Å². The van der Waals surface area contributed by atoms with Crippen molar-refractivity contribution in [3.05, 3.63) is 0 Å². The van der Waals surface area contributed by atoms with Crippen molar-refractivity contribution in [1.29, 1.82) is 0 Å². The topological polar surface area (TPSA) is 69.6 Å². The number of amides is 2. The number of nitrogens with zero attached hydrogens (tertiary/aromatic N) is 1. The first-order valence-electron chi connectivity index (χ1n) is 4.36. The lowest BCUT2D eigenvalue weighted by atomic mass is 10.4. The van der Waals surface area contributed by atoms with E-state index >= 15 is 0 Å². The summed E-state index contributed by atoms with van der Waals surface area (Å²) in [6.07, 6.45) is 0.754. The summed E-state index contributed by atoms with van der Waals surface area (Å²) in [5.74, 6) is -0.986. The Hall–Kier alpha value is -1.26. The number of carboxylic acids is 1. The molecule has 0 bridgehead atoms. The van der Waals surface area contributed by atoms with Gasteiger partial charge in [0.2, 0.25) is 0 Å². The Morgan fingerprint density at radius 2 is 2.00 bits per heavy atom. The Labute approximate surface area is 77.7 Å². The molecule has 2 N–H and O–H groups in total. The van der Waals surface area contributed by atoms with Gasteiger partial charge in [0.25, 0.3) is 0 Å². The second kappa shape index (κ2) is 6.28. The molecule has 5 heteroatoms. The number of carbonyl (C=O) groups is 2. The van der Waals surface area contributed by atoms with Crippen molar-refractivity contribution in [2.45, 2.75) is 20.3 Å². The fourth-order valence-corrected chi connectivity index (χ4v) is 0.949. The summed E-state index contributed by atoms with van der Waals surface area (Å²) in [5, 5.41) is 11.1. The largest absolute Gasteiger partial charge is 0.480 e. The molecule has 0 atom stereocenters. The predicted octanol–water partition coefficient (Wildman–Crippen LogP) is 0.512. The van der Waals surface area contributed by atoms with Gasteiger partial charge in [0, 0.05) is 13.1 Å². The maximum Gasteiger partial charge on any atom is 0.323 e. The molecule has 0 aromatic carbocycles. The van der Waals surface area contributed by atoms with Crippen molar-refractivity contribution in [3.8, 4) is 0 Å². The van der Waals surface area contributed by atoms with Gasteiger partial charge in [0.05, 0.1) is 0 Å². The van der Waals surface area contributed by atoms with Crippen LogP contribution in [0.25, 0.3) is 0 Å². The van der Waals surface area contributed by atoms with Gasteiger partial charge >= 0.3 is 12.0 Å². The third kappa shape index (κ3) is 5.05. The molecule has 13 heavy (non-hydrogen) atoms. The van der Waals surface area contributed by atoms with Crippen LogP contribution in [-0.4, -0.2) is 41.6 Å². The lowest BCUT2D eigenvalue weighted by Gasteiger charge is -2.19. The number of hydrogen-bond acceptors (Lipinski definition) is 2. The van der Waals surface area contributed by atoms with Crippen molar-refractivity contribution in [2.24, 2.45) is 0 Å². The van der Waals surface area contributed by atoms with E-state index in [4.69, 9.17) is 5.11 Å². The van der Waals surface area contributed by atoms with E-state index in [0.717, 1.165) is 6.42 Å². The summed E-state index contributed by atoms with van der Waals surface area (Å²) < 4.78 is 0. The monoisotopic (exact) mass is 188 g/mol. The Bertz CT molecular complexity index is 182. The van der Waals surface area contributed by atoms with E-state index in [1.165, 1.54) is 4.90 Å². The summed E-state index contributed by atoms with van der Waals surface area (Å²) in [6, 6.07) is -0.313. The van der Waals surface area contributed by atoms with Gasteiger partial charge in [-0.05, 0) is 13.3 Å². The smallest absolute Gasteiger partial charge is 0.323 e. The third-order valence-corrected chi connectivity index (χ3v) is 1.43. The molecule has 0 aromatic rings. The molecular weight excluding hydrogens is 172 g/mol. The lowest BCUT2D eigenvalue weighted by Crippen LogP contribution is -2.43. The molecule has 0 saturated carbocycles. The van der Waals surface area contributed by atoms with Crippen LogP contribution >= 0.6 is 0 Å². The van der Waals surface area contributed by atoms with Crippen LogP contribution in [0.4, 0.5) is 4.79 Å². The molecule has 0 aliphatic heterocycles. The molecule has 0 fully saturated rings. The van der Waals surface area contributed by atoms with E-state index < -0.39 is 5.97 Å². The Kier molecular flexibility index (Phi) is 5.67. The average Bonchev–Trinajstić information content (AvgIpc) is 2.03. The number of rotatable bonds is 5. The molecule has 0 aromatic heterocycles. The fourth-order valence-electron chi connectivity index (χ4n) is 0.949. The minimum absolute atomic E-state index is 0.236. The number of nitrogens with one attached hydrogen (secondary N) is 1. The predicted molar refractivity (Wildman–Crippen MR) is 48.6 cm³/mol. The molecule has 0 heterocycles. The first-order chi connectivity index (χ1) is 6.11. The fraction of sp³-hybridized carbons (Fsp3) is 0.750. The zero-order chi connectivity index (χ0) is 10.3. The molecule has 2 amide bonds. The average molecular weight is 188 g/mol. The first kappa shape index (κ1) is 11.7. The van der Waals surface area contributed by atoms with Crippen molar-refractivity contribution < 1.29 is 14.7 Å². The van der Waals surface area contributed by atoms with Gasteiger partial charge in [-0.3, -0.25) is 4.79 Å². The van der Waals surface area contributed by atoms with E-state index in [1.807, 2.05) is 6.92 Å². The van der Waals surface area contributed by atoms with E-state index in [1.54, 1.807) is 6.92 Å². The molecule has 0 aliphatic carbocycles. The summed E-state index contributed by atoms with van der Waals surface area (Å²) >= 11 is 0. The zero-order valence-electron chi connectivity index (χ0n) is 8.04. The molecule has 0 spiro atoms. The minimum Gasteiger partial charge on any atom is -0.480 e. The highest BCUT2D eigenvalue weighted by molar-refractivity contribution is 5.79. The highest BCUT2D eigenvalue weighted by Crippen LogP contribution is 1.92. The van der Waals surface area contributed by atoms with Gasteiger partial charge in [-0.25, -0.2) is 4.79 Å². The Balaban J connectivity index is 4.06. The number of hydrogen-bond donors (Lipinski definition) is 2. The second-order valence-electron chi connectivity index (χ2n) is 2.65. The zero-order valence-corrected chi connectivity index (χ0v) is 8.04. The summed E-state index contributed by atoms with van der Waals surface area (Å²) in [6.45, 7) is 4.44. The number of carboxylic acid groups (broad SMARTS) is 1. The van der Waals surface area contributed by atoms with Gasteiger partial charge in [-0.1, -0.05) is 6.92 Å². The van der Waals surface area contributed by atoms with E-state index in [0.29, 0.717) is 13.1 Å². The highest BCUT2D eigenvalue weighted by atomic mass is 16.4. The van der Waals surface area contributed by atoms with Crippen molar-refractivity contribution in [2.75, 3.05) is 19.6 Å². The van der Waals surface area contributed by atoms with Gasteiger partial charge in [0.15, 0.2) is 0 Å². The summed E-state index contributed by atoms with van der Waals surface area (Å²) in [4.78, 5) is 22.9. The van der Waals surface area contributed by atoms with Gasteiger partial charge in [0.1, 0.15) is 6.54 Å². The van der Waals surface area contributed by atoms with Crippen LogP contribution in [0.3, 0.4) is 0 Å². The van der Waals surface area contributed by atoms with Crippen LogP contribution in [0.15, 0.2) is 0 Å². The van der Waals surface area contributed by atoms with Gasteiger partial charge in [-0.15, -0.1) is 0 Å². The molecule has 5 nitrogen and oxygen atoms in total. The van der Waals surface area contributed by atoms with Crippen LogP contribution in [0.5, 0.6) is 0 Å². The third-order valence-electron chi connectivity index (χ3n) is 1.43. The number of aliphatic carboxylic acids is 1.